The topological polar surface area (TPSA) is 75.7 Å². The number of nitrogens with one attached hydrogen (secondary N) is 1. The molecular weight excluding hydrogens is 368 g/mol. The van der Waals surface area contributed by atoms with E-state index in [4.69, 9.17) is 4.74 Å². The largest absolute Gasteiger partial charge is 0.445 e. The Kier molecular flexibility index (Phi) is 5.34. The third-order valence-corrected chi connectivity index (χ3v) is 5.87. The van der Waals surface area contributed by atoms with Crippen molar-refractivity contribution in [2.75, 3.05) is 0 Å². The second-order valence-corrected chi connectivity index (χ2v) is 7.64. The molecule has 1 aliphatic carbocycles. The maximum absolute atomic E-state index is 12.8. The van der Waals surface area contributed by atoms with Gasteiger partial charge in [-0.05, 0) is 36.5 Å². The SMILES string of the molecule is CC[C@@H]1CC(NC(=O)OCc2ccccc2)C[C@@H]1N1C(=O)c2ccccc2C1=O. The lowest BCUT2D eigenvalue weighted by atomic mass is 9.99. The fourth-order valence-electron chi connectivity index (χ4n) is 4.42. The molecule has 2 aliphatic rings. The molecule has 1 N–H and O–H groups in total. The number of carbonyl (C=O) groups is 3. The fourth-order valence-corrected chi connectivity index (χ4v) is 4.42. The quantitative estimate of drug-likeness (QED) is 0.786. The highest BCUT2D eigenvalue weighted by atomic mass is 16.5. The standard InChI is InChI=1S/C23H24N2O4/c1-2-16-12-17(24-23(28)29-14-15-8-4-3-5-9-15)13-20(16)25-21(26)18-10-6-7-11-19(18)22(25)27/h3-11,16-17,20H,2,12-14H2,1H3,(H,24,28)/t16-,17?,20+/m1/s1. The molecule has 29 heavy (non-hydrogen) atoms. The molecule has 1 saturated carbocycles. The van der Waals surface area contributed by atoms with Crippen LogP contribution in [0.2, 0.25) is 0 Å². The molecule has 0 spiro atoms. The number of nitrogens with zero attached hydrogens (tertiary/aromatic N) is 1. The first kappa shape index (κ1) is 19.2. The zero-order chi connectivity index (χ0) is 20.4. The van der Waals surface area contributed by atoms with Crippen molar-refractivity contribution in [2.24, 2.45) is 5.92 Å². The predicted octanol–water partition coefficient (Wildman–Crippen LogP) is 3.77. The van der Waals surface area contributed by atoms with Gasteiger partial charge in [-0.15, -0.1) is 0 Å². The van der Waals surface area contributed by atoms with Crippen molar-refractivity contribution in [3.05, 3.63) is 71.3 Å². The van der Waals surface area contributed by atoms with Gasteiger partial charge in [0.2, 0.25) is 0 Å². The molecule has 6 heteroatoms. The van der Waals surface area contributed by atoms with Gasteiger partial charge in [-0.25, -0.2) is 4.79 Å². The number of benzene rings is 2. The van der Waals surface area contributed by atoms with Gasteiger partial charge < -0.3 is 10.1 Å². The summed E-state index contributed by atoms with van der Waals surface area (Å²) in [6.45, 7) is 2.25. The van der Waals surface area contributed by atoms with Gasteiger partial charge in [0, 0.05) is 12.1 Å². The first-order valence-electron chi connectivity index (χ1n) is 10.0. The van der Waals surface area contributed by atoms with Crippen LogP contribution in [0.4, 0.5) is 4.79 Å². The summed E-state index contributed by atoms with van der Waals surface area (Å²) in [5, 5.41) is 2.91. The van der Waals surface area contributed by atoms with E-state index in [0.29, 0.717) is 17.5 Å². The monoisotopic (exact) mass is 392 g/mol. The van der Waals surface area contributed by atoms with Crippen LogP contribution in [0.3, 0.4) is 0 Å². The van der Waals surface area contributed by atoms with Crippen molar-refractivity contribution in [1.82, 2.24) is 10.2 Å². The van der Waals surface area contributed by atoms with Crippen molar-refractivity contribution in [1.29, 1.82) is 0 Å². The molecule has 1 heterocycles. The molecule has 2 aromatic rings. The number of amides is 3. The van der Waals surface area contributed by atoms with Crippen molar-refractivity contribution in [3.63, 3.8) is 0 Å². The van der Waals surface area contributed by atoms with Crippen molar-refractivity contribution >= 4 is 17.9 Å². The molecule has 0 aromatic heterocycles. The lowest BCUT2D eigenvalue weighted by molar-refractivity contribution is 0.0546. The fraction of sp³-hybridized carbons (Fsp3) is 0.348. The second kappa shape index (κ2) is 8.07. The predicted molar refractivity (Wildman–Crippen MR) is 107 cm³/mol. The normalized spacial score (nSPS) is 23.2. The molecule has 0 bridgehead atoms. The summed E-state index contributed by atoms with van der Waals surface area (Å²) in [5.74, 6) is -0.320. The van der Waals surface area contributed by atoms with Gasteiger partial charge in [-0.2, -0.15) is 0 Å². The minimum atomic E-state index is -0.475. The highest BCUT2D eigenvalue weighted by Crippen LogP contribution is 2.37. The van der Waals surface area contributed by atoms with Gasteiger partial charge in [-0.1, -0.05) is 55.8 Å². The lowest BCUT2D eigenvalue weighted by Gasteiger charge is -2.27. The minimum Gasteiger partial charge on any atom is -0.445 e. The average Bonchev–Trinajstić information content (AvgIpc) is 3.25. The number of rotatable bonds is 5. The number of hydrogen-bond acceptors (Lipinski definition) is 4. The Hall–Kier alpha value is -3.15. The molecule has 0 radical (unpaired) electrons. The Morgan fingerprint density at radius 1 is 1.00 bits per heavy atom. The third-order valence-electron chi connectivity index (χ3n) is 5.87. The molecule has 0 saturated heterocycles. The van der Waals surface area contributed by atoms with Crippen LogP contribution >= 0.6 is 0 Å². The maximum atomic E-state index is 12.8. The van der Waals surface area contributed by atoms with Crippen LogP contribution in [0, 0.1) is 5.92 Å². The van der Waals surface area contributed by atoms with E-state index in [9.17, 15) is 14.4 Å². The van der Waals surface area contributed by atoms with E-state index in [1.807, 2.05) is 37.3 Å². The van der Waals surface area contributed by atoms with Gasteiger partial charge in [0.1, 0.15) is 6.61 Å². The number of ether oxygens (including phenoxy) is 1. The third kappa shape index (κ3) is 3.75. The van der Waals surface area contributed by atoms with Crippen LogP contribution < -0.4 is 5.32 Å². The van der Waals surface area contributed by atoms with Crippen molar-refractivity contribution in [3.8, 4) is 0 Å². The summed E-state index contributed by atoms with van der Waals surface area (Å²) in [7, 11) is 0. The Balaban J connectivity index is 1.40. The Bertz CT molecular complexity index is 892. The molecule has 3 amide bonds. The Morgan fingerprint density at radius 2 is 1.62 bits per heavy atom. The van der Waals surface area contributed by atoms with Gasteiger partial charge >= 0.3 is 6.09 Å². The first-order chi connectivity index (χ1) is 14.1. The zero-order valence-electron chi connectivity index (χ0n) is 16.3. The Morgan fingerprint density at radius 3 is 2.24 bits per heavy atom. The summed E-state index contributed by atoms with van der Waals surface area (Å²) >= 11 is 0. The van der Waals surface area contributed by atoms with Crippen molar-refractivity contribution < 1.29 is 19.1 Å². The average molecular weight is 392 g/mol. The minimum absolute atomic E-state index is 0.127. The molecule has 1 unspecified atom stereocenters. The van der Waals surface area contributed by atoms with E-state index >= 15 is 0 Å². The zero-order valence-corrected chi connectivity index (χ0v) is 16.3. The molecule has 2 aromatic carbocycles. The van der Waals surface area contributed by atoms with Crippen LogP contribution in [0.25, 0.3) is 0 Å². The van der Waals surface area contributed by atoms with Crippen LogP contribution in [-0.2, 0) is 11.3 Å². The molecule has 6 nitrogen and oxygen atoms in total. The summed E-state index contributed by atoms with van der Waals surface area (Å²) < 4.78 is 5.32. The van der Waals surface area contributed by atoms with Crippen LogP contribution in [-0.4, -0.2) is 34.9 Å². The first-order valence-corrected chi connectivity index (χ1v) is 10.0. The van der Waals surface area contributed by atoms with E-state index in [2.05, 4.69) is 5.32 Å². The lowest BCUT2D eigenvalue weighted by Crippen LogP contribution is -2.42. The molecule has 1 fully saturated rings. The highest BCUT2D eigenvalue weighted by molar-refractivity contribution is 6.21. The highest BCUT2D eigenvalue weighted by Gasteiger charge is 2.46. The number of imide groups is 1. The van der Waals surface area contributed by atoms with E-state index in [1.165, 1.54) is 4.90 Å². The number of carbonyl (C=O) groups excluding carboxylic acids is 3. The Labute approximate surface area is 169 Å². The van der Waals surface area contributed by atoms with Crippen LogP contribution in [0.15, 0.2) is 54.6 Å². The summed E-state index contributed by atoms with van der Waals surface area (Å²) in [5.41, 5.74) is 1.85. The van der Waals surface area contributed by atoms with E-state index in [1.54, 1.807) is 24.3 Å². The number of fused-ring (bicyclic) bond motifs is 1. The van der Waals surface area contributed by atoms with E-state index in [0.717, 1.165) is 18.4 Å². The van der Waals surface area contributed by atoms with Crippen LogP contribution in [0.5, 0.6) is 0 Å². The van der Waals surface area contributed by atoms with Gasteiger partial charge in [0.15, 0.2) is 0 Å². The summed E-state index contributed by atoms with van der Waals surface area (Å²) in [6.07, 6.45) is 1.62. The molecule has 3 atom stereocenters. The van der Waals surface area contributed by atoms with E-state index in [-0.39, 0.29) is 36.4 Å². The van der Waals surface area contributed by atoms with Crippen molar-refractivity contribution in [2.45, 2.75) is 44.9 Å². The van der Waals surface area contributed by atoms with Gasteiger partial charge in [0.05, 0.1) is 11.1 Å². The number of hydrogen-bond donors (Lipinski definition) is 1. The summed E-state index contributed by atoms with van der Waals surface area (Å²) in [4.78, 5) is 39.3. The van der Waals surface area contributed by atoms with E-state index < -0.39 is 6.09 Å². The summed E-state index contributed by atoms with van der Waals surface area (Å²) in [6, 6.07) is 16.1. The van der Waals surface area contributed by atoms with Crippen LogP contribution in [0.1, 0.15) is 52.5 Å². The molecular formula is C23H24N2O4. The smallest absolute Gasteiger partial charge is 0.407 e. The number of alkyl carbamates (subject to hydrolysis) is 1. The molecule has 4 rings (SSSR count). The maximum Gasteiger partial charge on any atom is 0.407 e. The molecule has 150 valence electrons. The molecule has 1 aliphatic heterocycles. The van der Waals surface area contributed by atoms with Gasteiger partial charge in [0.25, 0.3) is 11.8 Å². The second-order valence-electron chi connectivity index (χ2n) is 7.64. The van der Waals surface area contributed by atoms with Gasteiger partial charge in [-0.3, -0.25) is 14.5 Å².